The van der Waals surface area contributed by atoms with Gasteiger partial charge in [0.1, 0.15) is 5.75 Å². The third-order valence-electron chi connectivity index (χ3n) is 3.65. The van der Waals surface area contributed by atoms with E-state index in [0.29, 0.717) is 12.1 Å². The van der Waals surface area contributed by atoms with Gasteiger partial charge in [-0.2, -0.15) is 0 Å². The monoisotopic (exact) mass is 279 g/mol. The lowest BCUT2D eigenvalue weighted by molar-refractivity contribution is -0.222. The van der Waals surface area contributed by atoms with Crippen molar-refractivity contribution in [1.29, 1.82) is 0 Å². The molecule has 1 aliphatic rings. The van der Waals surface area contributed by atoms with E-state index < -0.39 is 11.9 Å². The second-order valence-electron chi connectivity index (χ2n) is 5.12. The van der Waals surface area contributed by atoms with Crippen LogP contribution in [0.25, 0.3) is 0 Å². The molecule has 5 nitrogen and oxygen atoms in total. The van der Waals surface area contributed by atoms with Gasteiger partial charge in [-0.05, 0) is 13.0 Å². The molecule has 0 unspecified atom stereocenters. The first-order valence-electron chi connectivity index (χ1n) is 6.63. The summed E-state index contributed by atoms with van der Waals surface area (Å²) in [7, 11) is 3.22. The molecule has 0 fully saturated rings. The van der Waals surface area contributed by atoms with Crippen LogP contribution < -0.4 is 4.74 Å². The van der Waals surface area contributed by atoms with Gasteiger partial charge in [0.25, 0.3) is 0 Å². The van der Waals surface area contributed by atoms with E-state index in [1.165, 1.54) is 0 Å². The van der Waals surface area contributed by atoms with Gasteiger partial charge in [0.15, 0.2) is 0 Å². The fourth-order valence-electron chi connectivity index (χ4n) is 2.44. The topological polar surface area (TPSA) is 60.3 Å². The van der Waals surface area contributed by atoms with Crippen LogP contribution in [0.15, 0.2) is 29.4 Å². The summed E-state index contributed by atoms with van der Waals surface area (Å²) in [5.74, 6) is -0.139. The maximum Gasteiger partial charge on any atom is 0.234 e. The van der Waals surface area contributed by atoms with Crippen LogP contribution >= 0.6 is 0 Å². The van der Waals surface area contributed by atoms with E-state index in [2.05, 4.69) is 5.16 Å². The molecule has 5 heteroatoms. The summed E-state index contributed by atoms with van der Waals surface area (Å²) in [6.45, 7) is 3.51. The Hall–Kier alpha value is -1.59. The molecule has 0 aromatic heterocycles. The van der Waals surface area contributed by atoms with Crippen molar-refractivity contribution in [3.8, 4) is 5.75 Å². The average molecular weight is 279 g/mol. The van der Waals surface area contributed by atoms with Crippen molar-refractivity contribution in [2.24, 2.45) is 5.16 Å². The van der Waals surface area contributed by atoms with Gasteiger partial charge in [-0.3, -0.25) is 0 Å². The number of oxime groups is 1. The van der Waals surface area contributed by atoms with Crippen LogP contribution in [0.1, 0.15) is 31.7 Å². The standard InChI is InChI=1S/C15H21NO4/c1-10(17)14-12(9-15(2,19-4)20-16-14)11-7-5-6-8-13(11)18-3/h5-8,10,12,17H,9H2,1-4H3/t10-,12+,15+/m1/s1. The lowest BCUT2D eigenvalue weighted by atomic mass is 9.84. The highest BCUT2D eigenvalue weighted by molar-refractivity contribution is 5.94. The number of methoxy groups -OCH3 is 2. The van der Waals surface area contributed by atoms with E-state index in [0.717, 1.165) is 11.3 Å². The zero-order valence-electron chi connectivity index (χ0n) is 12.3. The minimum absolute atomic E-state index is 0.107. The molecule has 0 spiro atoms. The lowest BCUT2D eigenvalue weighted by Gasteiger charge is -2.36. The molecule has 0 bridgehead atoms. The summed E-state index contributed by atoms with van der Waals surface area (Å²) in [5, 5.41) is 14.0. The van der Waals surface area contributed by atoms with Crippen molar-refractivity contribution in [1.82, 2.24) is 0 Å². The Morgan fingerprint density at radius 3 is 2.70 bits per heavy atom. The molecule has 0 saturated carbocycles. The van der Waals surface area contributed by atoms with Crippen LogP contribution in [0.4, 0.5) is 0 Å². The van der Waals surface area contributed by atoms with E-state index in [9.17, 15) is 5.11 Å². The summed E-state index contributed by atoms with van der Waals surface area (Å²) in [6.07, 6.45) is -0.125. The van der Waals surface area contributed by atoms with Gasteiger partial charge in [-0.15, -0.1) is 0 Å². The molecule has 1 heterocycles. The first-order valence-corrected chi connectivity index (χ1v) is 6.63. The predicted molar refractivity (Wildman–Crippen MR) is 76.0 cm³/mol. The molecule has 1 N–H and O–H groups in total. The van der Waals surface area contributed by atoms with Gasteiger partial charge in [-0.25, -0.2) is 0 Å². The number of benzene rings is 1. The Bertz CT molecular complexity index is 500. The van der Waals surface area contributed by atoms with Crippen molar-refractivity contribution in [2.75, 3.05) is 14.2 Å². The van der Waals surface area contributed by atoms with Crippen molar-refractivity contribution in [3.63, 3.8) is 0 Å². The second kappa shape index (κ2) is 5.81. The molecule has 20 heavy (non-hydrogen) atoms. The summed E-state index contributed by atoms with van der Waals surface area (Å²) >= 11 is 0. The molecule has 0 saturated heterocycles. The Morgan fingerprint density at radius 1 is 1.40 bits per heavy atom. The molecule has 0 amide bonds. The van der Waals surface area contributed by atoms with E-state index in [1.807, 2.05) is 31.2 Å². The molecule has 0 radical (unpaired) electrons. The number of aliphatic hydroxyl groups is 1. The zero-order valence-corrected chi connectivity index (χ0v) is 12.3. The summed E-state index contributed by atoms with van der Waals surface area (Å²) in [4.78, 5) is 5.38. The van der Waals surface area contributed by atoms with Gasteiger partial charge in [0.05, 0.1) is 18.9 Å². The molecular weight excluding hydrogens is 258 g/mol. The molecular formula is C15H21NO4. The van der Waals surface area contributed by atoms with Crippen LogP contribution in [0.3, 0.4) is 0 Å². The highest BCUT2D eigenvalue weighted by Crippen LogP contribution is 2.39. The summed E-state index contributed by atoms with van der Waals surface area (Å²) in [6, 6.07) is 7.73. The van der Waals surface area contributed by atoms with Crippen LogP contribution in [-0.2, 0) is 9.57 Å². The van der Waals surface area contributed by atoms with Gasteiger partial charge < -0.3 is 19.4 Å². The predicted octanol–water partition coefficient (Wildman–Crippen LogP) is 2.30. The largest absolute Gasteiger partial charge is 0.496 e. The minimum Gasteiger partial charge on any atom is -0.496 e. The van der Waals surface area contributed by atoms with Crippen LogP contribution in [0.2, 0.25) is 0 Å². The van der Waals surface area contributed by atoms with E-state index in [-0.39, 0.29) is 5.92 Å². The number of rotatable bonds is 4. The van der Waals surface area contributed by atoms with Crippen LogP contribution in [-0.4, -0.2) is 36.9 Å². The van der Waals surface area contributed by atoms with E-state index in [1.54, 1.807) is 21.1 Å². The minimum atomic E-state index is -0.802. The molecule has 1 aromatic carbocycles. The number of ether oxygens (including phenoxy) is 2. The quantitative estimate of drug-likeness (QED) is 0.918. The Balaban J connectivity index is 2.44. The first kappa shape index (κ1) is 14.8. The fourth-order valence-corrected chi connectivity index (χ4v) is 2.44. The molecule has 110 valence electrons. The SMILES string of the molecule is COc1ccccc1[C@@H]1C[C@@](C)(OC)ON=C1[C@@H](C)O. The van der Waals surface area contributed by atoms with Gasteiger partial charge in [-0.1, -0.05) is 23.4 Å². The molecule has 0 aliphatic carbocycles. The number of hydrogen-bond donors (Lipinski definition) is 1. The van der Waals surface area contributed by atoms with Crippen molar-refractivity contribution in [2.45, 2.75) is 38.1 Å². The second-order valence-corrected chi connectivity index (χ2v) is 5.12. The molecule has 1 aromatic rings. The fraction of sp³-hybridized carbons (Fsp3) is 0.533. The van der Waals surface area contributed by atoms with Gasteiger partial charge in [0, 0.05) is 31.9 Å². The lowest BCUT2D eigenvalue weighted by Crippen LogP contribution is -2.40. The Morgan fingerprint density at radius 2 is 2.10 bits per heavy atom. The summed E-state index contributed by atoms with van der Waals surface area (Å²) in [5.41, 5.74) is 1.56. The average Bonchev–Trinajstić information content (AvgIpc) is 2.46. The van der Waals surface area contributed by atoms with Crippen molar-refractivity contribution < 1.29 is 19.4 Å². The number of nitrogens with zero attached hydrogens (tertiary/aromatic N) is 1. The van der Waals surface area contributed by atoms with Crippen molar-refractivity contribution in [3.05, 3.63) is 29.8 Å². The number of para-hydroxylation sites is 1. The third kappa shape index (κ3) is 2.78. The maximum absolute atomic E-state index is 9.92. The molecule has 2 rings (SSSR count). The maximum atomic E-state index is 9.92. The smallest absolute Gasteiger partial charge is 0.234 e. The highest BCUT2D eigenvalue weighted by Gasteiger charge is 2.40. The normalized spacial score (nSPS) is 27.4. The van der Waals surface area contributed by atoms with Crippen LogP contribution in [0, 0.1) is 0 Å². The van der Waals surface area contributed by atoms with Crippen molar-refractivity contribution >= 4 is 5.71 Å². The number of aliphatic hydroxyl groups excluding tert-OH is 1. The molecule has 3 atom stereocenters. The van der Waals surface area contributed by atoms with E-state index >= 15 is 0 Å². The van der Waals surface area contributed by atoms with Crippen LogP contribution in [0.5, 0.6) is 5.75 Å². The Kier molecular flexibility index (Phi) is 4.30. The molecule has 1 aliphatic heterocycles. The Labute approximate surface area is 119 Å². The summed E-state index contributed by atoms with van der Waals surface area (Å²) < 4.78 is 10.8. The van der Waals surface area contributed by atoms with Gasteiger partial charge >= 0.3 is 0 Å². The highest BCUT2D eigenvalue weighted by atomic mass is 16.8. The first-order chi connectivity index (χ1) is 9.50. The van der Waals surface area contributed by atoms with Gasteiger partial charge in [0.2, 0.25) is 5.79 Å². The zero-order chi connectivity index (χ0) is 14.8. The number of hydrogen-bond acceptors (Lipinski definition) is 5. The van der Waals surface area contributed by atoms with E-state index in [4.69, 9.17) is 14.3 Å². The third-order valence-corrected chi connectivity index (χ3v) is 3.65.